The molecule has 7 aromatic heterocycles. The monoisotopic (exact) mass is 1100 g/mol. The molecule has 11 nitrogen and oxygen atoms in total. The highest BCUT2D eigenvalue weighted by molar-refractivity contribution is 5.23. The van der Waals surface area contributed by atoms with E-state index >= 15 is 0 Å². The van der Waals surface area contributed by atoms with Crippen molar-refractivity contribution in [3.63, 3.8) is 0 Å². The molecular weight excluding hydrogens is 983 g/mol. The van der Waals surface area contributed by atoms with Gasteiger partial charge in [-0.1, -0.05) is 147 Å². The molecule has 0 aliphatic carbocycles. The first-order chi connectivity index (χ1) is 38.4. The van der Waals surface area contributed by atoms with Gasteiger partial charge >= 0.3 is 0 Å². The van der Waals surface area contributed by atoms with Crippen LogP contribution in [-0.2, 0) is 0 Å². The van der Waals surface area contributed by atoms with Crippen LogP contribution in [0.1, 0.15) is 201 Å². The third kappa shape index (κ3) is 53.0. The SMILES string of the molecule is CC.CC.CC.CC.CC.CC.CC.CC.Cc1ccccc1C.Cc1cccnc1C.Cc1cccnc1C.Cc1ccncc1C.Cc1ccnnc1C.Cc1ccnnc1C.Cc1cnncc1C.Cc1nccnc1C. The van der Waals surface area contributed by atoms with Crippen molar-refractivity contribution in [2.75, 3.05) is 0 Å². The minimum Gasteiger partial charge on any atom is -0.264 e. The number of nitrogens with zero attached hydrogens (tertiary/aromatic N) is 11. The lowest BCUT2D eigenvalue weighted by Crippen LogP contribution is -1.87. The Kier molecular flexibility index (Phi) is 76.2. The first-order valence-corrected chi connectivity index (χ1v) is 29.1. The zero-order chi connectivity index (χ0) is 63.9. The molecule has 0 aliphatic rings. The molecule has 0 radical (unpaired) electrons. The van der Waals surface area contributed by atoms with Crippen molar-refractivity contribution in [2.24, 2.45) is 0 Å². The van der Waals surface area contributed by atoms with Crippen LogP contribution in [0.25, 0.3) is 0 Å². The lowest BCUT2D eigenvalue weighted by Gasteiger charge is -1.93. The van der Waals surface area contributed by atoms with Crippen LogP contribution in [0.15, 0.2) is 129 Å². The fourth-order valence-electron chi connectivity index (χ4n) is 4.18. The molecule has 0 fully saturated rings. The van der Waals surface area contributed by atoms with Gasteiger partial charge in [-0.25, -0.2) is 0 Å². The Bertz CT molecular complexity index is 1820. The van der Waals surface area contributed by atoms with Gasteiger partial charge < -0.3 is 0 Å². The molecule has 8 aromatic rings. The first kappa shape index (κ1) is 89.6. The van der Waals surface area contributed by atoms with E-state index in [4.69, 9.17) is 0 Å². The van der Waals surface area contributed by atoms with Crippen LogP contribution < -0.4 is 0 Å². The molecule has 0 bridgehead atoms. The summed E-state index contributed by atoms with van der Waals surface area (Å²) in [7, 11) is 0. The molecule has 11 heteroatoms. The third-order valence-electron chi connectivity index (χ3n) is 9.93. The number of aromatic nitrogens is 11. The zero-order valence-electron chi connectivity index (χ0n) is 57.0. The molecule has 0 amide bonds. The number of hydrogen-bond donors (Lipinski definition) is 0. The Hall–Kier alpha value is -7.01. The molecule has 0 saturated carbocycles. The highest BCUT2D eigenvalue weighted by Crippen LogP contribution is 2.04. The Balaban J connectivity index is -0.000000119. The van der Waals surface area contributed by atoms with Crippen LogP contribution in [-0.4, -0.2) is 55.5 Å². The standard InChI is InChI=1S/C8H10.3C7H9N.4C6H8N2.8C2H6/c1-7-5-3-4-6-8(7)2;1-6-3-4-8-5-7(6)2;2*1-6-4-3-5-8-7(6)2;1-5-3-7-8-4-6(5)2;1-5-6(2)8-4-3-7-5;2*1-5-3-4-7-8-6(5)2;8*1-2/h3-6H,1-2H3;3*3-5H,1-2H3;4*3-4H,1-2H3;8*1-2H3. The van der Waals surface area contributed by atoms with Gasteiger partial charge in [0.1, 0.15) is 0 Å². The summed E-state index contributed by atoms with van der Waals surface area (Å²) in [6.07, 6.45) is 17.6. The van der Waals surface area contributed by atoms with E-state index in [9.17, 15) is 0 Å². The highest BCUT2D eigenvalue weighted by Gasteiger charge is 1.91. The summed E-state index contributed by atoms with van der Waals surface area (Å²) in [6, 6.07) is 22.3. The van der Waals surface area contributed by atoms with Crippen molar-refractivity contribution in [1.29, 1.82) is 0 Å². The maximum Gasteiger partial charge on any atom is 0.0629 e. The summed E-state index contributed by atoms with van der Waals surface area (Å²) >= 11 is 0. The summed E-state index contributed by atoms with van der Waals surface area (Å²) in [5.74, 6) is 0. The summed E-state index contributed by atoms with van der Waals surface area (Å²) in [5.41, 5.74) is 18.9. The second-order valence-electron chi connectivity index (χ2n) is 15.0. The van der Waals surface area contributed by atoms with Crippen LogP contribution in [0.3, 0.4) is 0 Å². The second kappa shape index (κ2) is 68.1. The van der Waals surface area contributed by atoms with E-state index in [0.717, 1.165) is 34.2 Å². The predicted octanol–water partition coefficient (Wildman–Crippen LogP) is 20.0. The van der Waals surface area contributed by atoms with Crippen molar-refractivity contribution in [2.45, 2.75) is 222 Å². The van der Waals surface area contributed by atoms with Gasteiger partial charge in [-0.15, -0.1) is 0 Å². The fourth-order valence-corrected chi connectivity index (χ4v) is 4.18. The topological polar surface area (TPSA) is 142 Å². The molecule has 0 N–H and O–H groups in total. The third-order valence-corrected chi connectivity index (χ3v) is 9.93. The van der Waals surface area contributed by atoms with E-state index in [1.54, 1.807) is 37.2 Å². The molecule has 0 spiro atoms. The Morgan fingerprint density at radius 3 is 0.650 bits per heavy atom. The number of benzene rings is 1. The molecule has 0 aliphatic heterocycles. The zero-order valence-corrected chi connectivity index (χ0v) is 57.0. The largest absolute Gasteiger partial charge is 0.264 e. The van der Waals surface area contributed by atoms with E-state index in [1.165, 1.54) is 55.6 Å². The quantitative estimate of drug-likeness (QED) is 0.143. The normalized spacial score (nSPS) is 8.00. The minimum atomic E-state index is 1.01. The van der Waals surface area contributed by atoms with Crippen molar-refractivity contribution < 1.29 is 0 Å². The lowest BCUT2D eigenvalue weighted by molar-refractivity contribution is 0.961. The fraction of sp³-hybridized carbons (Fsp3) is 0.464. The molecule has 8 rings (SSSR count). The second-order valence-corrected chi connectivity index (χ2v) is 15.0. The van der Waals surface area contributed by atoms with E-state index < -0.39 is 0 Å². The maximum atomic E-state index is 4.08. The Labute approximate surface area is 493 Å². The van der Waals surface area contributed by atoms with Gasteiger partial charge in [-0.2, -0.15) is 30.6 Å². The minimum absolute atomic E-state index is 1.01. The number of rotatable bonds is 0. The van der Waals surface area contributed by atoms with Crippen LogP contribution in [0.5, 0.6) is 0 Å². The van der Waals surface area contributed by atoms with E-state index in [0.29, 0.717) is 0 Å². The summed E-state index contributed by atoms with van der Waals surface area (Å²) in [6.45, 7) is 64.4. The number of hydrogen-bond acceptors (Lipinski definition) is 11. The van der Waals surface area contributed by atoms with Crippen molar-refractivity contribution >= 4 is 0 Å². The summed E-state index contributed by atoms with van der Waals surface area (Å²) in [4.78, 5) is 20.1. The molecule has 80 heavy (non-hydrogen) atoms. The average Bonchev–Trinajstić information content (AvgIpc) is 3.50. The summed E-state index contributed by atoms with van der Waals surface area (Å²) in [5, 5.41) is 22.4. The first-order valence-electron chi connectivity index (χ1n) is 29.1. The van der Waals surface area contributed by atoms with Gasteiger partial charge in [0, 0.05) is 61.0 Å². The predicted molar refractivity (Wildman–Crippen MR) is 354 cm³/mol. The lowest BCUT2D eigenvalue weighted by atomic mass is 10.1. The molecular formula is C69H117N11. The van der Waals surface area contributed by atoms with Crippen LogP contribution >= 0.6 is 0 Å². The number of aryl methyl sites for hydroxylation is 16. The number of pyridine rings is 3. The highest BCUT2D eigenvalue weighted by atomic mass is 15.1. The summed E-state index contributed by atoms with van der Waals surface area (Å²) < 4.78 is 0. The molecule has 7 heterocycles. The van der Waals surface area contributed by atoms with Crippen molar-refractivity contribution in [3.8, 4) is 0 Å². The van der Waals surface area contributed by atoms with Crippen molar-refractivity contribution in [1.82, 2.24) is 55.5 Å². The molecule has 1 aromatic carbocycles. The molecule has 0 saturated heterocycles. The van der Waals surface area contributed by atoms with Gasteiger partial charge in [0.2, 0.25) is 0 Å². The Morgan fingerprint density at radius 1 is 0.200 bits per heavy atom. The van der Waals surface area contributed by atoms with Gasteiger partial charge in [0.05, 0.1) is 35.2 Å². The van der Waals surface area contributed by atoms with Crippen molar-refractivity contribution in [3.05, 3.63) is 218 Å². The van der Waals surface area contributed by atoms with Gasteiger partial charge in [0.15, 0.2) is 0 Å². The van der Waals surface area contributed by atoms with Crippen LogP contribution in [0.4, 0.5) is 0 Å². The van der Waals surface area contributed by atoms with E-state index in [1.807, 2.05) is 235 Å². The Morgan fingerprint density at radius 2 is 0.463 bits per heavy atom. The maximum absolute atomic E-state index is 4.08. The van der Waals surface area contributed by atoms with E-state index in [-0.39, 0.29) is 0 Å². The van der Waals surface area contributed by atoms with Gasteiger partial charge in [-0.05, 0) is 197 Å². The average molecular weight is 1100 g/mol. The molecule has 448 valence electrons. The molecule has 0 unspecified atom stereocenters. The smallest absolute Gasteiger partial charge is 0.0629 e. The van der Waals surface area contributed by atoms with Gasteiger partial charge in [0.25, 0.3) is 0 Å². The van der Waals surface area contributed by atoms with Crippen LogP contribution in [0, 0.1) is 111 Å². The van der Waals surface area contributed by atoms with Crippen LogP contribution in [0.2, 0.25) is 0 Å². The molecule has 0 atom stereocenters. The van der Waals surface area contributed by atoms with E-state index in [2.05, 4.69) is 133 Å². The van der Waals surface area contributed by atoms with Gasteiger partial charge in [-0.3, -0.25) is 24.9 Å².